The van der Waals surface area contributed by atoms with E-state index in [1.165, 1.54) is 0 Å². The number of carbonyl (C=O) groups is 1. The van der Waals surface area contributed by atoms with Gasteiger partial charge in [-0.3, -0.25) is 9.89 Å². The molecule has 4 nitrogen and oxygen atoms in total. The summed E-state index contributed by atoms with van der Waals surface area (Å²) in [6.07, 6.45) is 0. The molecule has 0 aliphatic heterocycles. The highest BCUT2D eigenvalue weighted by Crippen LogP contribution is 2.19. The van der Waals surface area contributed by atoms with Gasteiger partial charge in [-0.2, -0.15) is 5.10 Å². The van der Waals surface area contributed by atoms with Gasteiger partial charge in [0.25, 0.3) is 0 Å². The van der Waals surface area contributed by atoms with Crippen molar-refractivity contribution >= 4 is 46.8 Å². The molecule has 0 spiro atoms. The van der Waals surface area contributed by atoms with Crippen molar-refractivity contribution < 1.29 is 4.79 Å². The number of H-pyrrole nitrogens is 1. The van der Waals surface area contributed by atoms with E-state index >= 15 is 0 Å². The average molecular weight is 359 g/mol. The predicted octanol–water partition coefficient (Wildman–Crippen LogP) is 2.58. The molecular weight excluding hydrogens is 349 g/mol. The molecule has 1 aromatic carbocycles. The molecule has 0 atom stereocenters. The molecule has 0 radical (unpaired) electrons. The second kappa shape index (κ2) is 5.09. The molecule has 2 rings (SSSR count). The highest BCUT2D eigenvalue weighted by atomic mass is 127. The third-order valence-electron chi connectivity index (χ3n) is 2.29. The van der Waals surface area contributed by atoms with Gasteiger partial charge >= 0.3 is 0 Å². The number of aromatic nitrogens is 2. The van der Waals surface area contributed by atoms with Crippen molar-refractivity contribution in [2.24, 2.45) is 0 Å². The van der Waals surface area contributed by atoms with Crippen molar-refractivity contribution in [2.75, 3.05) is 12.4 Å². The van der Waals surface area contributed by atoms with Gasteiger partial charge in [-0.15, -0.1) is 12.6 Å². The van der Waals surface area contributed by atoms with Crippen LogP contribution in [0.3, 0.4) is 0 Å². The lowest BCUT2D eigenvalue weighted by Crippen LogP contribution is -2.02. The van der Waals surface area contributed by atoms with Gasteiger partial charge in [0.1, 0.15) is 11.5 Å². The number of ketones is 1. The SMILES string of the molecule is CNc1cc(C(=O)c2ccc(S)c(I)c2)[nH]n1. The Morgan fingerprint density at radius 1 is 1.47 bits per heavy atom. The Balaban J connectivity index is 2.33. The monoisotopic (exact) mass is 359 g/mol. The third-order valence-corrected chi connectivity index (χ3v) is 4.00. The summed E-state index contributed by atoms with van der Waals surface area (Å²) in [6, 6.07) is 7.06. The summed E-state index contributed by atoms with van der Waals surface area (Å²) in [7, 11) is 1.75. The number of aromatic amines is 1. The predicted molar refractivity (Wildman–Crippen MR) is 78.0 cm³/mol. The zero-order valence-electron chi connectivity index (χ0n) is 8.99. The van der Waals surface area contributed by atoms with Gasteiger partial charge in [0.2, 0.25) is 5.78 Å². The second-order valence-electron chi connectivity index (χ2n) is 3.41. The highest BCUT2D eigenvalue weighted by Gasteiger charge is 2.13. The zero-order valence-corrected chi connectivity index (χ0v) is 12.0. The maximum absolute atomic E-state index is 12.1. The van der Waals surface area contributed by atoms with Crippen LogP contribution >= 0.6 is 35.2 Å². The van der Waals surface area contributed by atoms with Crippen LogP contribution in [0.1, 0.15) is 16.1 Å². The van der Waals surface area contributed by atoms with E-state index in [-0.39, 0.29) is 5.78 Å². The molecule has 0 aliphatic carbocycles. The highest BCUT2D eigenvalue weighted by molar-refractivity contribution is 14.1. The molecule has 0 bridgehead atoms. The van der Waals surface area contributed by atoms with Gasteiger partial charge in [-0.1, -0.05) is 0 Å². The minimum absolute atomic E-state index is 0.0785. The van der Waals surface area contributed by atoms with Crippen molar-refractivity contribution in [1.82, 2.24) is 10.2 Å². The standard InChI is InChI=1S/C11H10IN3OS/c1-13-10-5-8(14-15-10)11(16)6-2-3-9(17)7(12)4-6/h2-5,17H,1H3,(H2,13,14,15). The average Bonchev–Trinajstić information content (AvgIpc) is 2.80. The summed E-state index contributed by atoms with van der Waals surface area (Å²) in [5.74, 6) is 0.569. The maximum atomic E-state index is 12.1. The van der Waals surface area contributed by atoms with Gasteiger partial charge in [0.05, 0.1) is 0 Å². The molecule has 0 saturated carbocycles. The Morgan fingerprint density at radius 3 is 2.82 bits per heavy atom. The van der Waals surface area contributed by atoms with E-state index in [1.54, 1.807) is 19.2 Å². The van der Waals surface area contributed by atoms with Crippen LogP contribution in [0.5, 0.6) is 0 Å². The molecule has 0 unspecified atom stereocenters. The number of rotatable bonds is 3. The number of nitrogens with one attached hydrogen (secondary N) is 2. The normalized spacial score (nSPS) is 10.3. The fourth-order valence-corrected chi connectivity index (χ4v) is 2.02. The number of anilines is 1. The molecule has 1 heterocycles. The fourth-order valence-electron chi connectivity index (χ4n) is 1.37. The number of thiol groups is 1. The van der Waals surface area contributed by atoms with Crippen LogP contribution in [-0.4, -0.2) is 23.0 Å². The topological polar surface area (TPSA) is 57.8 Å². The molecule has 17 heavy (non-hydrogen) atoms. The van der Waals surface area contributed by atoms with Crippen LogP contribution in [0.25, 0.3) is 0 Å². The maximum Gasteiger partial charge on any atom is 0.210 e. The van der Waals surface area contributed by atoms with E-state index in [2.05, 4.69) is 50.7 Å². The minimum Gasteiger partial charge on any atom is -0.372 e. The van der Waals surface area contributed by atoms with Crippen molar-refractivity contribution in [2.45, 2.75) is 4.90 Å². The molecule has 6 heteroatoms. The summed E-state index contributed by atoms with van der Waals surface area (Å²) < 4.78 is 0.949. The molecule has 0 fully saturated rings. The number of nitrogens with zero attached hydrogens (tertiary/aromatic N) is 1. The first-order valence-electron chi connectivity index (χ1n) is 4.88. The number of hydrogen-bond donors (Lipinski definition) is 3. The smallest absolute Gasteiger partial charge is 0.210 e. The molecule has 0 saturated heterocycles. The lowest BCUT2D eigenvalue weighted by atomic mass is 10.1. The number of benzene rings is 1. The molecule has 88 valence electrons. The largest absolute Gasteiger partial charge is 0.372 e. The van der Waals surface area contributed by atoms with Crippen LogP contribution in [0.15, 0.2) is 29.2 Å². The minimum atomic E-state index is -0.0785. The van der Waals surface area contributed by atoms with Crippen LogP contribution in [-0.2, 0) is 0 Å². The summed E-state index contributed by atoms with van der Waals surface area (Å²) in [5.41, 5.74) is 1.09. The third kappa shape index (κ3) is 2.63. The van der Waals surface area contributed by atoms with E-state index in [4.69, 9.17) is 0 Å². The van der Waals surface area contributed by atoms with Crippen LogP contribution in [0.4, 0.5) is 5.82 Å². The Labute approximate surface area is 118 Å². The molecular formula is C11H10IN3OS. The molecule has 0 aliphatic rings. The summed E-state index contributed by atoms with van der Waals surface area (Å²) in [4.78, 5) is 13.0. The summed E-state index contributed by atoms with van der Waals surface area (Å²) in [5, 5.41) is 9.52. The van der Waals surface area contributed by atoms with Crippen LogP contribution < -0.4 is 5.32 Å². The van der Waals surface area contributed by atoms with Crippen molar-refractivity contribution in [3.8, 4) is 0 Å². The molecule has 2 aromatic rings. The van der Waals surface area contributed by atoms with Crippen LogP contribution in [0, 0.1) is 3.57 Å². The Hall–Kier alpha value is -1.02. The zero-order chi connectivity index (χ0) is 12.4. The first-order chi connectivity index (χ1) is 8.11. The van der Waals surface area contributed by atoms with Crippen molar-refractivity contribution in [1.29, 1.82) is 0 Å². The first-order valence-corrected chi connectivity index (χ1v) is 6.41. The Bertz CT molecular complexity index is 568. The van der Waals surface area contributed by atoms with E-state index in [0.717, 1.165) is 8.47 Å². The van der Waals surface area contributed by atoms with Gasteiger partial charge in [0.15, 0.2) is 0 Å². The van der Waals surface area contributed by atoms with Crippen molar-refractivity contribution in [3.05, 3.63) is 39.1 Å². The van der Waals surface area contributed by atoms with Crippen LogP contribution in [0.2, 0.25) is 0 Å². The quantitative estimate of drug-likeness (QED) is 0.449. The van der Waals surface area contributed by atoms with Gasteiger partial charge < -0.3 is 5.32 Å². The molecule has 0 amide bonds. The second-order valence-corrected chi connectivity index (χ2v) is 5.06. The molecule has 2 N–H and O–H groups in total. The fraction of sp³-hybridized carbons (Fsp3) is 0.0909. The number of halogens is 1. The van der Waals surface area contributed by atoms with Gasteiger partial charge in [-0.05, 0) is 40.8 Å². The number of hydrogen-bond acceptors (Lipinski definition) is 4. The summed E-state index contributed by atoms with van der Waals surface area (Å²) in [6.45, 7) is 0. The van der Waals surface area contributed by atoms with Crippen molar-refractivity contribution in [3.63, 3.8) is 0 Å². The lowest BCUT2D eigenvalue weighted by Gasteiger charge is -2.01. The Morgan fingerprint density at radius 2 is 2.24 bits per heavy atom. The lowest BCUT2D eigenvalue weighted by molar-refractivity contribution is 0.103. The van der Waals surface area contributed by atoms with E-state index in [9.17, 15) is 4.79 Å². The molecule has 1 aromatic heterocycles. The summed E-state index contributed by atoms with van der Waals surface area (Å²) >= 11 is 6.42. The first kappa shape index (κ1) is 12.4. The Kier molecular flexibility index (Phi) is 3.72. The van der Waals surface area contributed by atoms with Gasteiger partial charge in [0, 0.05) is 27.1 Å². The van der Waals surface area contributed by atoms with E-state index in [0.29, 0.717) is 17.1 Å². The van der Waals surface area contributed by atoms with E-state index < -0.39 is 0 Å². The van der Waals surface area contributed by atoms with Gasteiger partial charge in [-0.25, -0.2) is 0 Å². The number of carbonyl (C=O) groups excluding carboxylic acids is 1. The van der Waals surface area contributed by atoms with E-state index in [1.807, 2.05) is 12.1 Å².